The number of benzene rings is 2. The Kier molecular flexibility index (Phi) is 5.87. The molecule has 10 nitrogen and oxygen atoms in total. The lowest BCUT2D eigenvalue weighted by atomic mass is 9.92. The van der Waals surface area contributed by atoms with Gasteiger partial charge in [0.15, 0.2) is 11.5 Å². The topological polar surface area (TPSA) is 125 Å². The zero-order chi connectivity index (χ0) is 24.7. The van der Waals surface area contributed by atoms with Gasteiger partial charge in [-0.15, -0.1) is 0 Å². The largest absolute Gasteiger partial charge is 0.486 e. The highest BCUT2D eigenvalue weighted by Gasteiger charge is 2.36. The Labute approximate surface area is 202 Å². The lowest BCUT2D eigenvalue weighted by molar-refractivity contribution is -0.384. The van der Waals surface area contributed by atoms with Crippen molar-refractivity contribution in [3.63, 3.8) is 0 Å². The smallest absolute Gasteiger partial charge is 0.282 e. The van der Waals surface area contributed by atoms with Crippen LogP contribution in [-0.4, -0.2) is 44.6 Å². The average Bonchev–Trinajstić information content (AvgIpc) is 3.29. The number of oxazole rings is 1. The van der Waals surface area contributed by atoms with E-state index < -0.39 is 14.8 Å². The molecule has 35 heavy (non-hydrogen) atoms. The van der Waals surface area contributed by atoms with Crippen molar-refractivity contribution in [2.24, 2.45) is 11.8 Å². The molecule has 0 aliphatic carbocycles. The Hall–Kier alpha value is -3.60. The summed E-state index contributed by atoms with van der Waals surface area (Å²) in [5.74, 6) is 1.39. The fraction of sp³-hybridized carbons (Fsp3) is 0.375. The van der Waals surface area contributed by atoms with Crippen molar-refractivity contribution < 1.29 is 27.2 Å². The minimum absolute atomic E-state index is 0.0245. The van der Waals surface area contributed by atoms with E-state index in [1.54, 1.807) is 12.1 Å². The van der Waals surface area contributed by atoms with Crippen LogP contribution < -0.4 is 14.4 Å². The maximum Gasteiger partial charge on any atom is 0.282 e. The number of hydrogen-bond donors (Lipinski definition) is 0. The molecule has 0 bridgehead atoms. The third-order valence-corrected chi connectivity index (χ3v) is 7.79. The molecule has 5 rings (SSSR count). The summed E-state index contributed by atoms with van der Waals surface area (Å²) in [6.45, 7) is 6.06. The SMILES string of the molecule is CC1CC(C)CN(c2oc(-c3ccccc3[N+](=O)[O-])nc2S(=O)(=O)c2ccc3c(c2)OCCO3)C1. The van der Waals surface area contributed by atoms with Crippen LogP contribution in [0.1, 0.15) is 20.3 Å². The van der Waals surface area contributed by atoms with Gasteiger partial charge < -0.3 is 18.8 Å². The Bertz CT molecular complexity index is 1380. The molecule has 0 saturated carbocycles. The number of piperidine rings is 1. The zero-order valence-electron chi connectivity index (χ0n) is 19.3. The molecule has 11 heteroatoms. The maximum absolute atomic E-state index is 13.8. The Morgan fingerprint density at radius 1 is 1.03 bits per heavy atom. The molecule has 2 aliphatic rings. The van der Waals surface area contributed by atoms with E-state index in [4.69, 9.17) is 13.9 Å². The van der Waals surface area contributed by atoms with Crippen LogP contribution in [0.5, 0.6) is 11.5 Å². The summed E-state index contributed by atoms with van der Waals surface area (Å²) in [4.78, 5) is 17.3. The van der Waals surface area contributed by atoms with Crippen LogP contribution in [0, 0.1) is 22.0 Å². The molecular weight excluding hydrogens is 474 g/mol. The third kappa shape index (κ3) is 4.31. The summed E-state index contributed by atoms with van der Waals surface area (Å²) in [7, 11) is -4.16. The van der Waals surface area contributed by atoms with E-state index >= 15 is 0 Å². The van der Waals surface area contributed by atoms with Crippen LogP contribution in [0.2, 0.25) is 0 Å². The van der Waals surface area contributed by atoms with Gasteiger partial charge in [0.25, 0.3) is 5.69 Å². The molecule has 0 spiro atoms. The van der Waals surface area contributed by atoms with E-state index in [9.17, 15) is 18.5 Å². The zero-order valence-corrected chi connectivity index (χ0v) is 20.2. The van der Waals surface area contributed by atoms with E-state index in [-0.39, 0.29) is 32.9 Å². The van der Waals surface area contributed by atoms with E-state index in [0.717, 1.165) is 6.42 Å². The van der Waals surface area contributed by atoms with Gasteiger partial charge in [-0.1, -0.05) is 26.0 Å². The number of sulfone groups is 1. The van der Waals surface area contributed by atoms with Crippen molar-refractivity contribution in [1.29, 1.82) is 0 Å². The van der Waals surface area contributed by atoms with Gasteiger partial charge in [-0.2, -0.15) is 4.98 Å². The van der Waals surface area contributed by atoms with Crippen LogP contribution in [0.25, 0.3) is 11.5 Å². The first kappa shape index (κ1) is 23.2. The Morgan fingerprint density at radius 2 is 1.71 bits per heavy atom. The Balaban J connectivity index is 1.66. The van der Waals surface area contributed by atoms with E-state index in [0.29, 0.717) is 49.6 Å². The lowest BCUT2D eigenvalue weighted by Gasteiger charge is -2.34. The van der Waals surface area contributed by atoms with Crippen LogP contribution >= 0.6 is 0 Å². The minimum atomic E-state index is -4.16. The van der Waals surface area contributed by atoms with Crippen molar-refractivity contribution >= 4 is 21.4 Å². The van der Waals surface area contributed by atoms with Crippen molar-refractivity contribution in [1.82, 2.24) is 4.98 Å². The summed E-state index contributed by atoms with van der Waals surface area (Å²) in [5.41, 5.74) is -0.107. The third-order valence-electron chi connectivity index (χ3n) is 6.15. The first-order chi connectivity index (χ1) is 16.7. The summed E-state index contributed by atoms with van der Waals surface area (Å²) in [5, 5.41) is 11.3. The molecule has 1 saturated heterocycles. The minimum Gasteiger partial charge on any atom is -0.486 e. The van der Waals surface area contributed by atoms with Gasteiger partial charge in [-0.3, -0.25) is 10.1 Å². The summed E-state index contributed by atoms with van der Waals surface area (Å²) < 4.78 is 44.8. The monoisotopic (exact) mass is 499 g/mol. The molecule has 2 aromatic carbocycles. The van der Waals surface area contributed by atoms with Crippen molar-refractivity contribution in [2.45, 2.75) is 30.2 Å². The van der Waals surface area contributed by atoms with Crippen LogP contribution in [0.15, 0.2) is 56.8 Å². The number of nitro benzene ring substituents is 1. The van der Waals surface area contributed by atoms with Gasteiger partial charge in [0.2, 0.25) is 26.6 Å². The molecular formula is C24H25N3O7S. The fourth-order valence-electron chi connectivity index (χ4n) is 4.73. The number of fused-ring (bicyclic) bond motifs is 1. The second kappa shape index (κ2) is 8.88. The molecule has 2 atom stereocenters. The Morgan fingerprint density at radius 3 is 2.43 bits per heavy atom. The quantitative estimate of drug-likeness (QED) is 0.372. The molecule has 0 amide bonds. The number of hydrogen-bond acceptors (Lipinski definition) is 9. The molecule has 0 N–H and O–H groups in total. The number of nitrogens with zero attached hydrogens (tertiary/aromatic N) is 3. The molecule has 1 fully saturated rings. The van der Waals surface area contributed by atoms with E-state index in [2.05, 4.69) is 18.8 Å². The molecule has 3 heterocycles. The van der Waals surface area contributed by atoms with E-state index in [1.165, 1.54) is 30.3 Å². The van der Waals surface area contributed by atoms with Crippen molar-refractivity contribution in [3.8, 4) is 23.0 Å². The van der Waals surface area contributed by atoms with Crippen molar-refractivity contribution in [2.75, 3.05) is 31.2 Å². The summed E-state index contributed by atoms with van der Waals surface area (Å²) >= 11 is 0. The van der Waals surface area contributed by atoms with Gasteiger partial charge in [-0.05, 0) is 36.5 Å². The first-order valence-electron chi connectivity index (χ1n) is 11.4. The number of rotatable bonds is 5. The van der Waals surface area contributed by atoms with Gasteiger partial charge in [0.1, 0.15) is 18.8 Å². The van der Waals surface area contributed by atoms with Gasteiger partial charge >= 0.3 is 0 Å². The predicted octanol–water partition coefficient (Wildman–Crippen LogP) is 4.34. The van der Waals surface area contributed by atoms with Crippen LogP contribution in [0.4, 0.5) is 11.6 Å². The van der Waals surface area contributed by atoms with Gasteiger partial charge in [0, 0.05) is 25.2 Å². The second-order valence-corrected chi connectivity index (χ2v) is 10.9. The predicted molar refractivity (Wildman–Crippen MR) is 127 cm³/mol. The number of nitro groups is 1. The molecule has 0 radical (unpaired) electrons. The normalized spacial score (nSPS) is 20.0. The highest BCUT2D eigenvalue weighted by atomic mass is 32.2. The molecule has 184 valence electrons. The molecule has 2 aliphatic heterocycles. The average molecular weight is 500 g/mol. The van der Waals surface area contributed by atoms with E-state index in [1.807, 2.05) is 4.90 Å². The summed E-state index contributed by atoms with van der Waals surface area (Å²) in [6, 6.07) is 10.4. The van der Waals surface area contributed by atoms with Gasteiger partial charge in [-0.25, -0.2) is 8.42 Å². The molecule has 2 unspecified atom stereocenters. The van der Waals surface area contributed by atoms with Gasteiger partial charge in [0.05, 0.1) is 9.82 Å². The number of aromatic nitrogens is 1. The van der Waals surface area contributed by atoms with Crippen LogP contribution in [-0.2, 0) is 9.84 Å². The highest BCUT2D eigenvalue weighted by Crippen LogP contribution is 2.41. The molecule has 1 aromatic heterocycles. The lowest BCUT2D eigenvalue weighted by Crippen LogP contribution is -2.39. The second-order valence-electron chi connectivity index (χ2n) is 9.06. The summed E-state index contributed by atoms with van der Waals surface area (Å²) in [6.07, 6.45) is 1.01. The standard InChI is InChI=1S/C24H25N3O7S/c1-15-11-16(2)14-26(13-15)24-23(25-22(34-24)18-5-3-4-6-19(18)27(28)29)35(30,31)17-7-8-20-21(12-17)33-10-9-32-20/h3-8,12,15-16H,9-11,13-14H2,1-2H3. The first-order valence-corrected chi connectivity index (χ1v) is 12.9. The van der Waals surface area contributed by atoms with Crippen LogP contribution in [0.3, 0.4) is 0 Å². The molecule has 3 aromatic rings. The highest BCUT2D eigenvalue weighted by molar-refractivity contribution is 7.91. The number of anilines is 1. The fourth-order valence-corrected chi connectivity index (χ4v) is 6.07. The number of para-hydroxylation sites is 1. The maximum atomic E-state index is 13.8. The number of ether oxygens (including phenoxy) is 2. The van der Waals surface area contributed by atoms with Crippen molar-refractivity contribution in [3.05, 3.63) is 52.6 Å².